The normalized spacial score (nSPS) is 11.4. The van der Waals surface area contributed by atoms with E-state index in [1.165, 1.54) is 0 Å². The highest BCUT2D eigenvalue weighted by Crippen LogP contribution is 2.15. The summed E-state index contributed by atoms with van der Waals surface area (Å²) < 4.78 is 1.95. The van der Waals surface area contributed by atoms with Crippen LogP contribution in [0.5, 0.6) is 0 Å². The minimum absolute atomic E-state index is 0.472. The minimum atomic E-state index is 0.472. The van der Waals surface area contributed by atoms with Crippen LogP contribution in [0.2, 0.25) is 0 Å². The molecule has 2 aromatic rings. The Morgan fingerprint density at radius 3 is 2.62 bits per heavy atom. The van der Waals surface area contributed by atoms with Crippen molar-refractivity contribution in [3.8, 4) is 0 Å². The topological polar surface area (TPSA) is 30.2 Å². The summed E-state index contributed by atoms with van der Waals surface area (Å²) in [6.45, 7) is 6.30. The Morgan fingerprint density at radius 2 is 1.92 bits per heavy atom. The van der Waals surface area contributed by atoms with Crippen LogP contribution in [-0.4, -0.2) is 14.4 Å². The summed E-state index contributed by atoms with van der Waals surface area (Å²) in [6, 6.07) is 2.10. The molecule has 0 aliphatic rings. The summed E-state index contributed by atoms with van der Waals surface area (Å²) in [5.74, 6) is 0.472. The maximum Gasteiger partial charge on any atom is 0.101 e. The van der Waals surface area contributed by atoms with Gasteiger partial charge in [-0.05, 0) is 18.9 Å². The molecule has 3 heteroatoms. The Labute approximate surface area is 77.4 Å². The van der Waals surface area contributed by atoms with Crippen LogP contribution in [0.15, 0.2) is 18.7 Å². The first-order valence-corrected chi connectivity index (χ1v) is 4.47. The molecule has 2 aromatic heterocycles. The van der Waals surface area contributed by atoms with Crippen molar-refractivity contribution in [2.75, 3.05) is 0 Å². The Morgan fingerprint density at radius 1 is 1.23 bits per heavy atom. The Balaban J connectivity index is 2.66. The second-order valence-corrected chi connectivity index (χ2v) is 3.59. The quantitative estimate of drug-likeness (QED) is 0.664. The summed E-state index contributed by atoms with van der Waals surface area (Å²) in [7, 11) is 0. The van der Waals surface area contributed by atoms with Gasteiger partial charge in [0.05, 0.1) is 11.2 Å². The molecule has 0 atom stereocenters. The zero-order chi connectivity index (χ0) is 9.42. The lowest BCUT2D eigenvalue weighted by Crippen LogP contribution is -1.95. The van der Waals surface area contributed by atoms with E-state index in [1.807, 2.05) is 17.7 Å². The molecule has 0 saturated carbocycles. The lowest BCUT2D eigenvalue weighted by molar-refractivity contribution is 0.812. The van der Waals surface area contributed by atoms with E-state index in [2.05, 4.69) is 29.9 Å². The number of fused-ring (bicyclic) bond motifs is 1. The summed E-state index contributed by atoms with van der Waals surface area (Å²) in [6.07, 6.45) is 3.62. The van der Waals surface area contributed by atoms with E-state index in [4.69, 9.17) is 0 Å². The average Bonchev–Trinajstić information content (AvgIpc) is 2.47. The van der Waals surface area contributed by atoms with Crippen LogP contribution in [0, 0.1) is 6.92 Å². The first-order valence-electron chi connectivity index (χ1n) is 4.47. The summed E-state index contributed by atoms with van der Waals surface area (Å²) in [5, 5.41) is 0. The third-order valence-corrected chi connectivity index (χ3v) is 2.23. The van der Waals surface area contributed by atoms with Crippen LogP contribution in [0.1, 0.15) is 31.2 Å². The second-order valence-electron chi connectivity index (χ2n) is 3.59. The van der Waals surface area contributed by atoms with Crippen molar-refractivity contribution in [1.82, 2.24) is 14.4 Å². The molecule has 13 heavy (non-hydrogen) atoms. The van der Waals surface area contributed by atoms with Gasteiger partial charge in [-0.2, -0.15) is 0 Å². The van der Waals surface area contributed by atoms with Crippen LogP contribution in [0.3, 0.4) is 0 Å². The summed E-state index contributed by atoms with van der Waals surface area (Å²) in [5.41, 5.74) is 3.33. The summed E-state index contributed by atoms with van der Waals surface area (Å²) in [4.78, 5) is 8.56. The zero-order valence-corrected chi connectivity index (χ0v) is 8.15. The lowest BCUT2D eigenvalue weighted by Gasteiger charge is -2.03. The fourth-order valence-electron chi connectivity index (χ4n) is 1.36. The lowest BCUT2D eigenvalue weighted by atomic mass is 10.1. The van der Waals surface area contributed by atoms with Crippen LogP contribution in [0.4, 0.5) is 0 Å². The number of aryl methyl sites for hydroxylation is 1. The Bertz CT molecular complexity index is 429. The molecule has 0 aliphatic heterocycles. The van der Waals surface area contributed by atoms with Gasteiger partial charge in [-0.25, -0.2) is 9.97 Å². The van der Waals surface area contributed by atoms with Crippen molar-refractivity contribution in [1.29, 1.82) is 0 Å². The molecule has 0 amide bonds. The first-order chi connectivity index (χ1) is 6.18. The predicted octanol–water partition coefficient (Wildman–Crippen LogP) is 2.16. The van der Waals surface area contributed by atoms with Crippen LogP contribution >= 0.6 is 0 Å². The van der Waals surface area contributed by atoms with Gasteiger partial charge in [-0.1, -0.05) is 13.8 Å². The van der Waals surface area contributed by atoms with Gasteiger partial charge < -0.3 is 0 Å². The van der Waals surface area contributed by atoms with Crippen molar-refractivity contribution in [2.24, 2.45) is 0 Å². The van der Waals surface area contributed by atoms with Crippen LogP contribution in [-0.2, 0) is 0 Å². The SMILES string of the molecule is Cc1ncn2cnc(C(C)C)cc12. The highest BCUT2D eigenvalue weighted by molar-refractivity contribution is 5.51. The van der Waals surface area contributed by atoms with E-state index < -0.39 is 0 Å². The highest BCUT2D eigenvalue weighted by Gasteiger charge is 2.04. The van der Waals surface area contributed by atoms with E-state index in [0.717, 1.165) is 16.9 Å². The molecule has 2 rings (SSSR count). The van der Waals surface area contributed by atoms with E-state index >= 15 is 0 Å². The number of rotatable bonds is 1. The van der Waals surface area contributed by atoms with E-state index in [-0.39, 0.29) is 0 Å². The van der Waals surface area contributed by atoms with E-state index in [1.54, 1.807) is 6.33 Å². The second kappa shape index (κ2) is 2.83. The van der Waals surface area contributed by atoms with E-state index in [0.29, 0.717) is 5.92 Å². The largest absolute Gasteiger partial charge is 0.289 e. The first kappa shape index (κ1) is 8.23. The maximum atomic E-state index is 4.34. The molecule has 0 saturated heterocycles. The van der Waals surface area contributed by atoms with Gasteiger partial charge in [0, 0.05) is 5.69 Å². The average molecular weight is 175 g/mol. The molecule has 2 heterocycles. The van der Waals surface area contributed by atoms with Gasteiger partial charge >= 0.3 is 0 Å². The van der Waals surface area contributed by atoms with Gasteiger partial charge in [-0.15, -0.1) is 0 Å². The van der Waals surface area contributed by atoms with Crippen molar-refractivity contribution < 1.29 is 0 Å². The van der Waals surface area contributed by atoms with Crippen molar-refractivity contribution in [3.05, 3.63) is 30.1 Å². The number of aromatic nitrogens is 3. The molecule has 0 aromatic carbocycles. The van der Waals surface area contributed by atoms with Gasteiger partial charge in [0.1, 0.15) is 12.7 Å². The van der Waals surface area contributed by atoms with Crippen molar-refractivity contribution >= 4 is 5.52 Å². The van der Waals surface area contributed by atoms with Crippen molar-refractivity contribution in [2.45, 2.75) is 26.7 Å². The molecule has 0 bridgehead atoms. The molecule has 68 valence electrons. The van der Waals surface area contributed by atoms with Gasteiger partial charge in [0.2, 0.25) is 0 Å². The smallest absolute Gasteiger partial charge is 0.101 e. The minimum Gasteiger partial charge on any atom is -0.289 e. The molecule has 3 nitrogen and oxygen atoms in total. The Hall–Kier alpha value is -1.38. The van der Waals surface area contributed by atoms with E-state index in [9.17, 15) is 0 Å². The van der Waals surface area contributed by atoms with Crippen LogP contribution < -0.4 is 0 Å². The van der Waals surface area contributed by atoms with Crippen LogP contribution in [0.25, 0.3) is 5.52 Å². The molecule has 0 spiro atoms. The number of imidazole rings is 1. The van der Waals surface area contributed by atoms with Crippen molar-refractivity contribution in [3.63, 3.8) is 0 Å². The predicted molar refractivity (Wildman–Crippen MR) is 51.8 cm³/mol. The molecule has 0 N–H and O–H groups in total. The zero-order valence-electron chi connectivity index (χ0n) is 8.15. The van der Waals surface area contributed by atoms with Gasteiger partial charge in [-0.3, -0.25) is 4.40 Å². The molecular formula is C10H13N3. The fourth-order valence-corrected chi connectivity index (χ4v) is 1.36. The highest BCUT2D eigenvalue weighted by atomic mass is 15.0. The number of hydrogen-bond acceptors (Lipinski definition) is 2. The third kappa shape index (κ3) is 1.30. The van der Waals surface area contributed by atoms with Gasteiger partial charge in [0.15, 0.2) is 0 Å². The molecule has 0 fully saturated rings. The fraction of sp³-hybridized carbons (Fsp3) is 0.400. The Kier molecular flexibility index (Phi) is 1.79. The maximum absolute atomic E-state index is 4.34. The third-order valence-electron chi connectivity index (χ3n) is 2.23. The summed E-state index contributed by atoms with van der Waals surface area (Å²) >= 11 is 0. The molecular weight excluding hydrogens is 162 g/mol. The number of hydrogen-bond donors (Lipinski definition) is 0. The standard InChI is InChI=1S/C10H13N3/c1-7(2)9-4-10-8(3)11-5-13(10)6-12-9/h4-7H,1-3H3. The molecule has 0 radical (unpaired) electrons. The monoisotopic (exact) mass is 175 g/mol. The number of nitrogens with zero attached hydrogens (tertiary/aromatic N) is 3. The molecule has 0 unspecified atom stereocenters. The molecule has 0 aliphatic carbocycles. The van der Waals surface area contributed by atoms with Gasteiger partial charge in [0.25, 0.3) is 0 Å².